The van der Waals surface area contributed by atoms with Gasteiger partial charge in [0.2, 0.25) is 0 Å². The van der Waals surface area contributed by atoms with Crippen LogP contribution in [0.15, 0.2) is 46.7 Å². The number of aryl methyl sites for hydroxylation is 1. The molecule has 0 aromatic carbocycles. The van der Waals surface area contributed by atoms with Crippen LogP contribution in [0.5, 0.6) is 0 Å². The zero-order chi connectivity index (χ0) is 22.5. The standard InChI is InChI=1S/C25H23N5O2S/c1-14-20(11-30(29-14)16-4-2-15(12-31)3-5-16)19-9-28-25(26)24-18(19)8-22(32-24)21-13-33-23-10-27-7-6-17(21)23/h6-13,15-16H,2-5H2,1H3,(H2,26,28). The molecule has 0 aliphatic heterocycles. The molecule has 1 saturated carbocycles. The second-order valence-corrected chi connectivity index (χ2v) is 9.66. The number of pyridine rings is 2. The maximum absolute atomic E-state index is 11.1. The summed E-state index contributed by atoms with van der Waals surface area (Å²) in [5.74, 6) is 1.32. The molecule has 6 rings (SSSR count). The van der Waals surface area contributed by atoms with Gasteiger partial charge in [-0.15, -0.1) is 11.3 Å². The van der Waals surface area contributed by atoms with Gasteiger partial charge in [-0.3, -0.25) is 9.67 Å². The van der Waals surface area contributed by atoms with Crippen molar-refractivity contribution in [1.82, 2.24) is 19.7 Å². The Hall–Kier alpha value is -3.52. The first-order chi connectivity index (χ1) is 16.1. The first-order valence-corrected chi connectivity index (χ1v) is 12.0. The molecule has 166 valence electrons. The number of rotatable bonds is 4. The summed E-state index contributed by atoms with van der Waals surface area (Å²) in [6, 6.07) is 4.37. The van der Waals surface area contributed by atoms with Crippen LogP contribution in [0.1, 0.15) is 37.4 Å². The molecule has 5 aromatic heterocycles. The second-order valence-electron chi connectivity index (χ2n) is 8.74. The number of thiophene rings is 1. The molecule has 5 aromatic rings. The van der Waals surface area contributed by atoms with Crippen LogP contribution in [-0.2, 0) is 4.79 Å². The first-order valence-electron chi connectivity index (χ1n) is 11.1. The third-order valence-electron chi connectivity index (χ3n) is 6.75. The molecular formula is C25H23N5O2S. The van der Waals surface area contributed by atoms with E-state index in [1.807, 2.05) is 25.4 Å². The lowest BCUT2D eigenvalue weighted by Crippen LogP contribution is -2.19. The minimum absolute atomic E-state index is 0.187. The van der Waals surface area contributed by atoms with Gasteiger partial charge in [-0.05, 0) is 44.7 Å². The van der Waals surface area contributed by atoms with Gasteiger partial charge < -0.3 is 14.9 Å². The molecule has 8 heteroatoms. The van der Waals surface area contributed by atoms with Crippen LogP contribution in [0.4, 0.5) is 5.82 Å². The predicted octanol–water partition coefficient (Wildman–Crippen LogP) is 5.79. The molecule has 7 nitrogen and oxygen atoms in total. The van der Waals surface area contributed by atoms with Crippen molar-refractivity contribution in [2.24, 2.45) is 5.92 Å². The van der Waals surface area contributed by atoms with Gasteiger partial charge in [0.25, 0.3) is 0 Å². The van der Waals surface area contributed by atoms with Gasteiger partial charge in [0.1, 0.15) is 12.0 Å². The zero-order valence-corrected chi connectivity index (χ0v) is 19.0. The van der Waals surface area contributed by atoms with Gasteiger partial charge in [0, 0.05) is 63.5 Å². The van der Waals surface area contributed by atoms with Crippen LogP contribution in [0.2, 0.25) is 0 Å². The highest BCUT2D eigenvalue weighted by atomic mass is 32.1. The van der Waals surface area contributed by atoms with Crippen LogP contribution in [0.3, 0.4) is 0 Å². The Balaban J connectivity index is 1.43. The van der Waals surface area contributed by atoms with E-state index in [1.165, 1.54) is 0 Å². The number of hydrogen-bond donors (Lipinski definition) is 1. The van der Waals surface area contributed by atoms with Crippen LogP contribution in [0, 0.1) is 12.8 Å². The fraction of sp³-hybridized carbons (Fsp3) is 0.280. The van der Waals surface area contributed by atoms with Crippen molar-refractivity contribution >= 4 is 44.5 Å². The number of aldehydes is 1. The summed E-state index contributed by atoms with van der Waals surface area (Å²) in [5.41, 5.74) is 10.7. The molecule has 2 N–H and O–H groups in total. The van der Waals surface area contributed by atoms with Gasteiger partial charge in [-0.1, -0.05) is 0 Å². The highest BCUT2D eigenvalue weighted by molar-refractivity contribution is 7.17. The van der Waals surface area contributed by atoms with E-state index in [0.29, 0.717) is 17.4 Å². The number of nitrogens with zero attached hydrogens (tertiary/aromatic N) is 4. The average molecular weight is 458 g/mol. The quantitative estimate of drug-likeness (QED) is 0.343. The van der Waals surface area contributed by atoms with Gasteiger partial charge in [-0.2, -0.15) is 5.10 Å². The molecule has 5 heterocycles. The van der Waals surface area contributed by atoms with E-state index < -0.39 is 0 Å². The molecule has 1 aliphatic rings. The fourth-order valence-corrected chi connectivity index (χ4v) is 5.81. The van der Waals surface area contributed by atoms with Crippen molar-refractivity contribution in [2.45, 2.75) is 38.6 Å². The monoisotopic (exact) mass is 457 g/mol. The van der Waals surface area contributed by atoms with Crippen LogP contribution in [0.25, 0.3) is 43.5 Å². The van der Waals surface area contributed by atoms with E-state index in [1.54, 1.807) is 17.5 Å². The van der Waals surface area contributed by atoms with Gasteiger partial charge in [0.05, 0.1) is 16.4 Å². The van der Waals surface area contributed by atoms with Gasteiger partial charge >= 0.3 is 0 Å². The predicted molar refractivity (Wildman–Crippen MR) is 130 cm³/mol. The molecule has 33 heavy (non-hydrogen) atoms. The molecule has 1 aliphatic carbocycles. The topological polar surface area (TPSA) is 99.8 Å². The number of aromatic nitrogens is 4. The molecule has 0 amide bonds. The number of nitrogens with two attached hydrogens (primary N) is 1. The summed E-state index contributed by atoms with van der Waals surface area (Å²) in [6.07, 6.45) is 12.4. The zero-order valence-electron chi connectivity index (χ0n) is 18.2. The van der Waals surface area contributed by atoms with Gasteiger partial charge in [-0.25, -0.2) is 4.98 Å². The summed E-state index contributed by atoms with van der Waals surface area (Å²) < 4.78 is 9.41. The fourth-order valence-electron chi connectivity index (χ4n) is 4.90. The Morgan fingerprint density at radius 3 is 2.82 bits per heavy atom. The highest BCUT2D eigenvalue weighted by Crippen LogP contribution is 2.41. The molecule has 0 unspecified atom stereocenters. The van der Waals surface area contributed by atoms with E-state index >= 15 is 0 Å². The van der Waals surface area contributed by atoms with E-state index in [4.69, 9.17) is 15.2 Å². The maximum atomic E-state index is 11.1. The summed E-state index contributed by atoms with van der Waals surface area (Å²) in [4.78, 5) is 19.7. The number of anilines is 1. The Bertz CT molecular complexity index is 1490. The largest absolute Gasteiger partial charge is 0.452 e. The lowest BCUT2D eigenvalue weighted by Gasteiger charge is -2.25. The molecule has 0 bridgehead atoms. The van der Waals surface area contributed by atoms with Crippen LogP contribution >= 0.6 is 11.3 Å². The van der Waals surface area contributed by atoms with Gasteiger partial charge in [0.15, 0.2) is 11.4 Å². The van der Waals surface area contributed by atoms with E-state index in [2.05, 4.69) is 32.3 Å². The lowest BCUT2D eigenvalue weighted by atomic mass is 9.87. The summed E-state index contributed by atoms with van der Waals surface area (Å²) in [7, 11) is 0. The van der Waals surface area contributed by atoms with Crippen LogP contribution in [-0.4, -0.2) is 26.0 Å². The normalized spacial score (nSPS) is 18.8. The SMILES string of the molecule is Cc1nn(C2CCC(C=O)CC2)cc1-c1cnc(N)c2oc(-c3csc4cnccc34)cc12. The highest BCUT2D eigenvalue weighted by Gasteiger charge is 2.24. The van der Waals surface area contributed by atoms with Crippen LogP contribution < -0.4 is 5.73 Å². The Labute approximate surface area is 194 Å². The van der Waals surface area contributed by atoms with Crippen molar-refractivity contribution < 1.29 is 9.21 Å². The van der Waals surface area contributed by atoms with Crippen molar-refractivity contribution in [1.29, 1.82) is 0 Å². The lowest BCUT2D eigenvalue weighted by molar-refractivity contribution is -0.112. The molecule has 0 atom stereocenters. The summed E-state index contributed by atoms with van der Waals surface area (Å²) in [6.45, 7) is 2.02. The number of fused-ring (bicyclic) bond motifs is 2. The molecule has 1 fully saturated rings. The number of hydrogen-bond acceptors (Lipinski definition) is 7. The Morgan fingerprint density at radius 2 is 2.00 bits per heavy atom. The minimum atomic E-state index is 0.187. The maximum Gasteiger partial charge on any atom is 0.177 e. The first kappa shape index (κ1) is 20.1. The average Bonchev–Trinajstić information content (AvgIpc) is 3.56. The Kier molecular flexibility index (Phi) is 4.76. The molecule has 0 saturated heterocycles. The van der Waals surface area contributed by atoms with E-state index in [9.17, 15) is 4.79 Å². The number of carbonyl (C=O) groups is 1. The molecule has 0 spiro atoms. The van der Waals surface area contributed by atoms with Crippen molar-refractivity contribution in [3.8, 4) is 22.5 Å². The number of furan rings is 1. The molecular weight excluding hydrogens is 434 g/mol. The smallest absolute Gasteiger partial charge is 0.177 e. The number of carbonyl (C=O) groups excluding carboxylic acids is 1. The minimum Gasteiger partial charge on any atom is -0.452 e. The van der Waals surface area contributed by atoms with Crippen molar-refractivity contribution in [2.75, 3.05) is 5.73 Å². The second kappa shape index (κ2) is 7.81. The van der Waals surface area contributed by atoms with Crippen molar-refractivity contribution in [3.05, 3.63) is 48.0 Å². The summed E-state index contributed by atoms with van der Waals surface area (Å²) >= 11 is 1.64. The molecule has 0 radical (unpaired) electrons. The van der Waals surface area contributed by atoms with E-state index in [0.717, 1.165) is 75.6 Å². The Morgan fingerprint density at radius 1 is 1.15 bits per heavy atom. The number of nitrogen functional groups attached to an aromatic ring is 1. The van der Waals surface area contributed by atoms with E-state index in [-0.39, 0.29) is 5.92 Å². The summed E-state index contributed by atoms with van der Waals surface area (Å²) in [5, 5.41) is 8.95. The third kappa shape index (κ3) is 3.33. The third-order valence-corrected chi connectivity index (χ3v) is 7.68. The van der Waals surface area contributed by atoms with Crippen molar-refractivity contribution in [3.63, 3.8) is 0 Å².